The second-order valence-corrected chi connectivity index (χ2v) is 5.28. The molecule has 0 aromatic heterocycles. The van der Waals surface area contributed by atoms with Gasteiger partial charge in [0.05, 0.1) is 5.56 Å². The van der Waals surface area contributed by atoms with Gasteiger partial charge in [0, 0.05) is 0 Å². The molecule has 0 radical (unpaired) electrons. The summed E-state index contributed by atoms with van der Waals surface area (Å²) in [6.07, 6.45) is 2.23. The zero-order valence-corrected chi connectivity index (χ0v) is 10.7. The smallest absolute Gasteiger partial charge is 0.335 e. The number of hydrogen-bond donors (Lipinski definition) is 3. The molecule has 6 nitrogen and oxygen atoms in total. The van der Waals surface area contributed by atoms with Crippen LogP contribution in [0, 0.1) is 0 Å². The highest BCUT2D eigenvalue weighted by atomic mass is 16.4. The van der Waals surface area contributed by atoms with E-state index in [2.05, 4.69) is 10.6 Å². The first-order chi connectivity index (χ1) is 9.50. The Hall–Kier alpha value is -2.37. The van der Waals surface area contributed by atoms with Crippen LogP contribution in [0.2, 0.25) is 0 Å². The number of aryl methyl sites for hydroxylation is 2. The summed E-state index contributed by atoms with van der Waals surface area (Å²) in [7, 11) is 0. The monoisotopic (exact) mass is 274 g/mol. The zero-order valence-electron chi connectivity index (χ0n) is 10.7. The Labute approximate surface area is 115 Å². The third kappa shape index (κ3) is 1.93. The topological polar surface area (TPSA) is 95.5 Å². The van der Waals surface area contributed by atoms with Crippen molar-refractivity contribution in [2.24, 2.45) is 0 Å². The number of rotatable bonds is 1. The molecule has 6 heteroatoms. The first kappa shape index (κ1) is 12.7. The molecule has 1 fully saturated rings. The highest BCUT2D eigenvalue weighted by Crippen LogP contribution is 2.30. The molecule has 1 spiro atoms. The van der Waals surface area contributed by atoms with E-state index < -0.39 is 17.5 Å². The molecule has 1 unspecified atom stereocenters. The van der Waals surface area contributed by atoms with Gasteiger partial charge < -0.3 is 10.4 Å². The number of aromatic carboxylic acids is 1. The third-order valence-electron chi connectivity index (χ3n) is 4.11. The molecule has 1 saturated heterocycles. The number of amides is 3. The molecule has 0 bridgehead atoms. The molecule has 3 rings (SSSR count). The Morgan fingerprint density at radius 3 is 2.45 bits per heavy atom. The van der Waals surface area contributed by atoms with Crippen LogP contribution in [0.25, 0.3) is 0 Å². The lowest BCUT2D eigenvalue weighted by molar-refractivity contribution is -0.124. The molecule has 1 atom stereocenters. The standard InChI is InChI=1S/C14H14N2O4/c17-11(18)10-2-1-8-3-5-14(6-4-9(8)7-10)12(19)15-13(20)16-14/h1-2,7H,3-6H2,(H,17,18)(H2,15,16,19,20). The number of urea groups is 1. The fraction of sp³-hybridized carbons (Fsp3) is 0.357. The van der Waals surface area contributed by atoms with Gasteiger partial charge in [-0.3, -0.25) is 10.1 Å². The summed E-state index contributed by atoms with van der Waals surface area (Å²) in [5, 5.41) is 14.0. The van der Waals surface area contributed by atoms with E-state index in [-0.39, 0.29) is 11.5 Å². The van der Waals surface area contributed by atoms with Crippen molar-refractivity contribution in [3.63, 3.8) is 0 Å². The Kier molecular flexibility index (Phi) is 2.74. The molecule has 1 aromatic carbocycles. The van der Waals surface area contributed by atoms with Gasteiger partial charge in [-0.2, -0.15) is 0 Å². The minimum atomic E-state index is -0.960. The molecular formula is C14H14N2O4. The Bertz CT molecular complexity index is 626. The summed E-state index contributed by atoms with van der Waals surface area (Å²) in [4.78, 5) is 34.3. The fourth-order valence-corrected chi connectivity index (χ4v) is 2.94. The lowest BCUT2D eigenvalue weighted by Crippen LogP contribution is -2.46. The average Bonchev–Trinajstić information content (AvgIpc) is 2.58. The summed E-state index contributed by atoms with van der Waals surface area (Å²) in [5.74, 6) is -1.24. The van der Waals surface area contributed by atoms with Gasteiger partial charge in [-0.1, -0.05) is 6.07 Å². The predicted octanol–water partition coefficient (Wildman–Crippen LogP) is 0.842. The van der Waals surface area contributed by atoms with Crippen molar-refractivity contribution in [3.8, 4) is 0 Å². The van der Waals surface area contributed by atoms with Crippen molar-refractivity contribution in [3.05, 3.63) is 34.9 Å². The largest absolute Gasteiger partial charge is 0.478 e. The number of carboxylic acid groups (broad SMARTS) is 1. The van der Waals surface area contributed by atoms with E-state index in [1.54, 1.807) is 18.2 Å². The molecule has 3 amide bonds. The van der Waals surface area contributed by atoms with Gasteiger partial charge in [-0.25, -0.2) is 9.59 Å². The molecule has 1 heterocycles. The summed E-state index contributed by atoms with van der Waals surface area (Å²) in [5.41, 5.74) is 1.38. The molecule has 0 saturated carbocycles. The highest BCUT2D eigenvalue weighted by molar-refractivity contribution is 6.07. The molecule has 104 valence electrons. The molecule has 20 heavy (non-hydrogen) atoms. The van der Waals surface area contributed by atoms with Crippen molar-refractivity contribution in [2.75, 3.05) is 0 Å². The van der Waals surface area contributed by atoms with Crippen LogP contribution in [-0.2, 0) is 17.6 Å². The van der Waals surface area contributed by atoms with E-state index in [4.69, 9.17) is 5.11 Å². The number of imide groups is 1. The highest BCUT2D eigenvalue weighted by Gasteiger charge is 2.46. The van der Waals surface area contributed by atoms with Crippen LogP contribution in [0.5, 0.6) is 0 Å². The minimum Gasteiger partial charge on any atom is -0.478 e. The van der Waals surface area contributed by atoms with E-state index in [9.17, 15) is 14.4 Å². The maximum atomic E-state index is 12.0. The number of fused-ring (bicyclic) bond motifs is 1. The Morgan fingerprint density at radius 2 is 1.85 bits per heavy atom. The van der Waals surface area contributed by atoms with E-state index >= 15 is 0 Å². The number of carboxylic acids is 1. The number of carbonyl (C=O) groups is 3. The van der Waals surface area contributed by atoms with Crippen molar-refractivity contribution in [1.29, 1.82) is 0 Å². The van der Waals surface area contributed by atoms with E-state index in [0.29, 0.717) is 25.7 Å². The summed E-state index contributed by atoms with van der Waals surface area (Å²) >= 11 is 0. The van der Waals surface area contributed by atoms with Crippen LogP contribution in [0.4, 0.5) is 4.79 Å². The van der Waals surface area contributed by atoms with Gasteiger partial charge >= 0.3 is 12.0 Å². The number of nitrogens with one attached hydrogen (secondary N) is 2. The molecular weight excluding hydrogens is 260 g/mol. The van der Waals surface area contributed by atoms with Gasteiger partial charge in [0.2, 0.25) is 0 Å². The quantitative estimate of drug-likeness (QED) is 0.661. The fourth-order valence-electron chi connectivity index (χ4n) is 2.94. The Morgan fingerprint density at radius 1 is 1.15 bits per heavy atom. The van der Waals surface area contributed by atoms with Crippen LogP contribution >= 0.6 is 0 Å². The Balaban J connectivity index is 1.90. The minimum absolute atomic E-state index is 0.250. The normalized spacial score (nSPS) is 24.8. The van der Waals surface area contributed by atoms with Gasteiger partial charge in [0.15, 0.2) is 0 Å². The van der Waals surface area contributed by atoms with E-state index in [1.165, 1.54) is 0 Å². The van der Waals surface area contributed by atoms with Crippen molar-refractivity contribution >= 4 is 17.9 Å². The predicted molar refractivity (Wildman–Crippen MR) is 69.4 cm³/mol. The summed E-state index contributed by atoms with van der Waals surface area (Å²) in [6, 6.07) is 4.58. The van der Waals surface area contributed by atoms with Gasteiger partial charge in [-0.15, -0.1) is 0 Å². The van der Waals surface area contributed by atoms with E-state index in [0.717, 1.165) is 11.1 Å². The van der Waals surface area contributed by atoms with Gasteiger partial charge in [-0.05, 0) is 48.9 Å². The lowest BCUT2D eigenvalue weighted by Gasteiger charge is -2.23. The van der Waals surface area contributed by atoms with Crippen molar-refractivity contribution < 1.29 is 19.5 Å². The zero-order chi connectivity index (χ0) is 14.3. The second-order valence-electron chi connectivity index (χ2n) is 5.28. The molecule has 2 aliphatic rings. The van der Waals surface area contributed by atoms with Crippen LogP contribution < -0.4 is 10.6 Å². The third-order valence-corrected chi connectivity index (χ3v) is 4.11. The van der Waals surface area contributed by atoms with Crippen LogP contribution in [0.3, 0.4) is 0 Å². The maximum Gasteiger partial charge on any atom is 0.335 e. The summed E-state index contributed by atoms with van der Waals surface area (Å²) < 4.78 is 0. The molecule has 1 aliphatic heterocycles. The number of carbonyl (C=O) groups excluding carboxylic acids is 2. The van der Waals surface area contributed by atoms with Gasteiger partial charge in [0.25, 0.3) is 5.91 Å². The van der Waals surface area contributed by atoms with Crippen LogP contribution in [0.1, 0.15) is 34.3 Å². The van der Waals surface area contributed by atoms with Crippen molar-refractivity contribution in [1.82, 2.24) is 10.6 Å². The van der Waals surface area contributed by atoms with Crippen molar-refractivity contribution in [2.45, 2.75) is 31.2 Å². The maximum absolute atomic E-state index is 12.0. The van der Waals surface area contributed by atoms with Gasteiger partial charge in [0.1, 0.15) is 5.54 Å². The lowest BCUT2D eigenvalue weighted by atomic mass is 9.90. The SMILES string of the molecule is O=C1NC(=O)C2(CCc3ccc(C(=O)O)cc3CC2)N1. The van der Waals surface area contributed by atoms with E-state index in [1.807, 2.05) is 0 Å². The summed E-state index contributed by atoms with van der Waals surface area (Å²) in [6.45, 7) is 0. The first-order valence-corrected chi connectivity index (χ1v) is 6.49. The second kappa shape index (κ2) is 4.33. The molecule has 1 aliphatic carbocycles. The number of hydrogen-bond acceptors (Lipinski definition) is 3. The number of benzene rings is 1. The first-order valence-electron chi connectivity index (χ1n) is 6.49. The molecule has 3 N–H and O–H groups in total. The van der Waals surface area contributed by atoms with Crippen LogP contribution in [-0.4, -0.2) is 28.6 Å². The molecule has 1 aromatic rings. The average molecular weight is 274 g/mol. The van der Waals surface area contributed by atoms with Crippen LogP contribution in [0.15, 0.2) is 18.2 Å².